The van der Waals surface area contributed by atoms with E-state index in [-0.39, 0.29) is 19.2 Å². The second kappa shape index (κ2) is 9.28. The number of nitrogens with zero attached hydrogens (tertiary/aromatic N) is 1. The number of carbonyl (C=O) groups excluding carboxylic acids is 3. The first-order valence-electron chi connectivity index (χ1n) is 9.79. The molecule has 0 aliphatic carbocycles. The van der Waals surface area contributed by atoms with Gasteiger partial charge >= 0.3 is 12.1 Å². The summed E-state index contributed by atoms with van der Waals surface area (Å²) in [4.78, 5) is 39.0. The zero-order chi connectivity index (χ0) is 21.6. The molecule has 154 valence electrons. The molecule has 2 amide bonds. The standard InChI is InChI=1S/C20H27ClN2O5/c1-20(2,3)28-19(26)22-15(12-13-7-9-14(21)10-8-13)17(24)23-11-5-6-16(23)18(25)27-4/h7-10,15-16H,5-6,11-12H2,1-4H3,(H,22,26)/t15-,16-/m0/s1/i1D. The fraction of sp³-hybridized carbons (Fsp3) is 0.550. The third-order valence-electron chi connectivity index (χ3n) is 4.32. The number of hydrogen-bond acceptors (Lipinski definition) is 5. The number of methoxy groups -OCH3 is 1. The van der Waals surface area contributed by atoms with Crippen molar-refractivity contribution in [1.82, 2.24) is 10.2 Å². The molecule has 1 N–H and O–H groups in total. The lowest BCUT2D eigenvalue weighted by molar-refractivity contribution is -0.151. The van der Waals surface area contributed by atoms with Gasteiger partial charge in [0, 0.05) is 19.4 Å². The molecule has 0 unspecified atom stereocenters. The Hall–Kier alpha value is -2.28. The molecule has 0 spiro atoms. The minimum atomic E-state index is -0.986. The van der Waals surface area contributed by atoms with Gasteiger partial charge in [0.2, 0.25) is 5.91 Å². The summed E-state index contributed by atoms with van der Waals surface area (Å²) in [6.45, 7) is 3.52. The minimum absolute atomic E-state index is 0.118. The van der Waals surface area contributed by atoms with Crippen molar-refractivity contribution in [1.29, 1.82) is 0 Å². The molecule has 1 aromatic carbocycles. The largest absolute Gasteiger partial charge is 0.467 e. The molecule has 0 aromatic heterocycles. The van der Waals surface area contributed by atoms with Crippen molar-refractivity contribution in [3.8, 4) is 0 Å². The molecule has 1 aromatic rings. The van der Waals surface area contributed by atoms with Gasteiger partial charge in [-0.05, 0) is 51.3 Å². The van der Waals surface area contributed by atoms with Crippen LogP contribution in [0.25, 0.3) is 0 Å². The summed E-state index contributed by atoms with van der Waals surface area (Å²) in [5.41, 5.74) is -0.193. The fourth-order valence-corrected chi connectivity index (χ4v) is 3.22. The van der Waals surface area contributed by atoms with Gasteiger partial charge in [0.05, 0.1) is 7.11 Å². The number of nitrogens with one attached hydrogen (secondary N) is 1. The molecule has 0 saturated carbocycles. The number of rotatable bonds is 5. The second-order valence-corrected chi connectivity index (χ2v) is 7.83. The Labute approximate surface area is 171 Å². The molecule has 2 atom stereocenters. The predicted octanol–water partition coefficient (Wildman–Crippen LogP) is 2.94. The zero-order valence-electron chi connectivity index (χ0n) is 17.4. The smallest absolute Gasteiger partial charge is 0.408 e. The predicted molar refractivity (Wildman–Crippen MR) is 105 cm³/mol. The number of hydrogen-bond donors (Lipinski definition) is 1. The molecule has 1 fully saturated rings. The molecule has 1 aliphatic rings. The van der Waals surface area contributed by atoms with Crippen LogP contribution in [-0.2, 0) is 25.5 Å². The molecule has 8 heteroatoms. The third kappa shape index (κ3) is 6.12. The van der Waals surface area contributed by atoms with Crippen molar-refractivity contribution in [2.45, 2.75) is 57.7 Å². The van der Waals surface area contributed by atoms with Crippen LogP contribution in [0.15, 0.2) is 24.3 Å². The molecular formula is C20H27ClN2O5. The number of ether oxygens (including phenoxy) is 2. The molecular weight excluding hydrogens is 384 g/mol. The van der Waals surface area contributed by atoms with Crippen molar-refractivity contribution in [3.05, 3.63) is 34.9 Å². The first-order chi connectivity index (χ1) is 13.7. The number of esters is 1. The Kier molecular flexibility index (Phi) is 6.78. The summed E-state index contributed by atoms with van der Waals surface area (Å²) >= 11 is 5.92. The van der Waals surface area contributed by atoms with Crippen LogP contribution >= 0.6 is 11.6 Å². The highest BCUT2D eigenvalue weighted by molar-refractivity contribution is 6.30. The Morgan fingerprint density at radius 1 is 1.36 bits per heavy atom. The molecule has 1 heterocycles. The Morgan fingerprint density at radius 3 is 2.64 bits per heavy atom. The monoisotopic (exact) mass is 411 g/mol. The quantitative estimate of drug-likeness (QED) is 0.753. The highest BCUT2D eigenvalue weighted by Gasteiger charge is 2.38. The number of halogens is 1. The van der Waals surface area contributed by atoms with Crippen LogP contribution in [-0.4, -0.2) is 54.2 Å². The fourth-order valence-electron chi connectivity index (χ4n) is 3.09. The van der Waals surface area contributed by atoms with Gasteiger partial charge in [-0.15, -0.1) is 0 Å². The van der Waals surface area contributed by atoms with Crippen LogP contribution in [0.3, 0.4) is 0 Å². The van der Waals surface area contributed by atoms with E-state index in [1.54, 1.807) is 38.1 Å². The van der Waals surface area contributed by atoms with Gasteiger partial charge in [-0.3, -0.25) is 4.79 Å². The molecule has 1 aliphatic heterocycles. The van der Waals surface area contributed by atoms with Gasteiger partial charge < -0.3 is 19.7 Å². The average molecular weight is 412 g/mol. The van der Waals surface area contributed by atoms with Crippen molar-refractivity contribution in [2.24, 2.45) is 0 Å². The van der Waals surface area contributed by atoms with E-state index in [0.717, 1.165) is 5.56 Å². The number of amides is 2. The molecule has 0 bridgehead atoms. The molecule has 2 rings (SSSR count). The zero-order valence-corrected chi connectivity index (χ0v) is 17.1. The highest BCUT2D eigenvalue weighted by Crippen LogP contribution is 2.21. The van der Waals surface area contributed by atoms with Gasteiger partial charge in [0.1, 0.15) is 17.7 Å². The third-order valence-corrected chi connectivity index (χ3v) is 4.57. The lowest BCUT2D eigenvalue weighted by Gasteiger charge is -2.29. The van der Waals surface area contributed by atoms with Gasteiger partial charge in [0.15, 0.2) is 0 Å². The van der Waals surface area contributed by atoms with Gasteiger partial charge in [-0.25, -0.2) is 9.59 Å². The maximum atomic E-state index is 13.2. The number of carbonyl (C=O) groups is 3. The van der Waals surface area contributed by atoms with Crippen LogP contribution in [0.2, 0.25) is 5.02 Å². The van der Waals surface area contributed by atoms with Crippen LogP contribution < -0.4 is 5.32 Å². The maximum absolute atomic E-state index is 13.2. The normalized spacial score (nSPS) is 18.2. The average Bonchev–Trinajstić information content (AvgIpc) is 3.17. The Balaban J connectivity index is 2.20. The molecule has 7 nitrogen and oxygen atoms in total. The SMILES string of the molecule is [2H]CC(C)(C)OC(=O)N[C@@H](Cc1ccc(Cl)cc1)C(=O)N1CCC[C@H]1C(=O)OC. The van der Waals surface area contributed by atoms with Crippen molar-refractivity contribution in [3.63, 3.8) is 0 Å². The van der Waals surface area contributed by atoms with E-state index in [1.807, 2.05) is 0 Å². The van der Waals surface area contributed by atoms with Crippen molar-refractivity contribution >= 4 is 29.6 Å². The van der Waals surface area contributed by atoms with Gasteiger partial charge in [-0.1, -0.05) is 23.7 Å². The summed E-state index contributed by atoms with van der Waals surface area (Å²) in [5.74, 6) is -0.854. The van der Waals surface area contributed by atoms with E-state index in [4.69, 9.17) is 22.4 Å². The molecule has 0 radical (unpaired) electrons. The van der Waals surface area contributed by atoms with Crippen molar-refractivity contribution in [2.75, 3.05) is 13.7 Å². The summed E-state index contributed by atoms with van der Waals surface area (Å²) in [7, 11) is 1.28. The van der Waals surface area contributed by atoms with Crippen LogP contribution in [0.4, 0.5) is 4.79 Å². The van der Waals surface area contributed by atoms with Gasteiger partial charge in [-0.2, -0.15) is 0 Å². The van der Waals surface area contributed by atoms with Crippen LogP contribution in [0, 0.1) is 0 Å². The molecule has 1 saturated heterocycles. The van der Waals surface area contributed by atoms with Crippen LogP contribution in [0.1, 0.15) is 40.5 Å². The highest BCUT2D eigenvalue weighted by atomic mass is 35.5. The van der Waals surface area contributed by atoms with Crippen molar-refractivity contribution < 1.29 is 25.2 Å². The summed E-state index contributed by atoms with van der Waals surface area (Å²) in [6, 6.07) is 5.34. The van der Waals surface area contributed by atoms with E-state index in [1.165, 1.54) is 12.0 Å². The minimum Gasteiger partial charge on any atom is -0.467 e. The number of benzene rings is 1. The first kappa shape index (κ1) is 20.5. The van der Waals surface area contributed by atoms with E-state index in [0.29, 0.717) is 24.4 Å². The molecule has 28 heavy (non-hydrogen) atoms. The number of alkyl carbamates (subject to hydrolysis) is 1. The summed E-state index contributed by atoms with van der Waals surface area (Å²) < 4.78 is 17.5. The second-order valence-electron chi connectivity index (χ2n) is 7.39. The maximum Gasteiger partial charge on any atom is 0.408 e. The van der Waals surface area contributed by atoms with E-state index >= 15 is 0 Å². The summed E-state index contributed by atoms with van der Waals surface area (Å²) in [5, 5.41) is 3.17. The van der Waals surface area contributed by atoms with Crippen LogP contribution in [0.5, 0.6) is 0 Å². The lowest BCUT2D eigenvalue weighted by Crippen LogP contribution is -2.53. The topological polar surface area (TPSA) is 84.9 Å². The van der Waals surface area contributed by atoms with Gasteiger partial charge in [0.25, 0.3) is 0 Å². The number of likely N-dealkylation sites (tertiary alicyclic amines) is 1. The van der Waals surface area contributed by atoms with E-state index < -0.39 is 29.7 Å². The van der Waals surface area contributed by atoms with E-state index in [2.05, 4.69) is 5.32 Å². The summed E-state index contributed by atoms with van der Waals surface area (Å²) in [6.07, 6.45) is 0.609. The Morgan fingerprint density at radius 2 is 2.04 bits per heavy atom. The van der Waals surface area contributed by atoms with E-state index in [9.17, 15) is 14.4 Å². The first-order valence-corrected chi connectivity index (χ1v) is 9.46. The Bertz CT molecular complexity index is 741. The lowest BCUT2D eigenvalue weighted by atomic mass is 10.0.